The molecule has 1 heterocycles. The van der Waals surface area contributed by atoms with E-state index in [-0.39, 0.29) is 0 Å². The van der Waals surface area contributed by atoms with E-state index in [1.807, 2.05) is 0 Å². The molecule has 1 aliphatic heterocycles. The van der Waals surface area contributed by atoms with Crippen LogP contribution >= 0.6 is 0 Å². The zero-order chi connectivity index (χ0) is 8.27. The van der Waals surface area contributed by atoms with E-state index in [0.29, 0.717) is 0 Å². The van der Waals surface area contributed by atoms with Crippen LogP contribution in [0.15, 0.2) is 0 Å². The van der Waals surface area contributed by atoms with Gasteiger partial charge in [0.05, 0.1) is 0 Å². The fourth-order valence-electron chi connectivity index (χ4n) is 2.07. The normalized spacial score (nSPS) is 34.1. The van der Waals surface area contributed by atoms with Crippen LogP contribution < -0.4 is 5.73 Å². The Balaban J connectivity index is 2.41. The molecule has 2 heteroatoms. The third-order valence-electron chi connectivity index (χ3n) is 2.92. The van der Waals surface area contributed by atoms with Gasteiger partial charge in [-0.05, 0) is 38.4 Å². The summed E-state index contributed by atoms with van der Waals surface area (Å²) in [6, 6.07) is 0. The topological polar surface area (TPSA) is 29.3 Å². The molecule has 1 rings (SSSR count). The first-order chi connectivity index (χ1) is 5.27. The second kappa shape index (κ2) is 4.07. The third kappa shape index (κ3) is 2.17. The number of hydrogen-bond donors (Lipinski definition) is 1. The molecule has 2 N–H and O–H groups in total. The first kappa shape index (κ1) is 9.01. The Labute approximate surface area is 69.8 Å². The fraction of sp³-hybridized carbons (Fsp3) is 1.00. The fourth-order valence-corrected chi connectivity index (χ4v) is 2.07. The summed E-state index contributed by atoms with van der Waals surface area (Å²) in [5, 5.41) is 0. The minimum atomic E-state index is 0.749. The van der Waals surface area contributed by atoms with Crippen molar-refractivity contribution in [3.05, 3.63) is 0 Å². The Morgan fingerprint density at radius 3 is 2.73 bits per heavy atom. The number of hydrogen-bond acceptors (Lipinski definition) is 2. The van der Waals surface area contributed by atoms with E-state index in [1.54, 1.807) is 0 Å². The molecular formula is C9H20N2. The Hall–Kier alpha value is -0.0800. The monoisotopic (exact) mass is 156 g/mol. The van der Waals surface area contributed by atoms with Crippen molar-refractivity contribution in [2.75, 3.05) is 26.7 Å². The van der Waals surface area contributed by atoms with E-state index in [2.05, 4.69) is 18.9 Å². The number of nitrogens with zero attached hydrogens (tertiary/aromatic N) is 1. The zero-order valence-corrected chi connectivity index (χ0v) is 7.71. The molecule has 0 aromatic carbocycles. The molecule has 11 heavy (non-hydrogen) atoms. The maximum absolute atomic E-state index is 5.70. The molecule has 1 fully saturated rings. The molecule has 2 nitrogen and oxygen atoms in total. The van der Waals surface area contributed by atoms with E-state index in [4.69, 9.17) is 5.73 Å². The SMILES string of the molecule is CCC1CCN(C)CC1CN. The molecule has 1 saturated heterocycles. The minimum Gasteiger partial charge on any atom is -0.330 e. The smallest absolute Gasteiger partial charge is 0.00213 e. The summed E-state index contributed by atoms with van der Waals surface area (Å²) in [5.41, 5.74) is 5.70. The van der Waals surface area contributed by atoms with Crippen molar-refractivity contribution >= 4 is 0 Å². The van der Waals surface area contributed by atoms with Crippen LogP contribution in [0.3, 0.4) is 0 Å². The van der Waals surface area contributed by atoms with Crippen molar-refractivity contribution in [3.8, 4) is 0 Å². The highest BCUT2D eigenvalue weighted by molar-refractivity contribution is 4.78. The van der Waals surface area contributed by atoms with E-state index in [9.17, 15) is 0 Å². The summed E-state index contributed by atoms with van der Waals surface area (Å²) in [6.07, 6.45) is 2.64. The minimum absolute atomic E-state index is 0.749. The van der Waals surface area contributed by atoms with Crippen LogP contribution in [0.5, 0.6) is 0 Å². The standard InChI is InChI=1S/C9H20N2/c1-3-8-4-5-11(2)7-9(8)6-10/h8-9H,3-7,10H2,1-2H3. The zero-order valence-electron chi connectivity index (χ0n) is 7.71. The van der Waals surface area contributed by atoms with Crippen LogP contribution in [0.25, 0.3) is 0 Å². The van der Waals surface area contributed by atoms with Gasteiger partial charge in [0.1, 0.15) is 0 Å². The molecule has 0 aromatic rings. The molecule has 1 aliphatic rings. The van der Waals surface area contributed by atoms with E-state index < -0.39 is 0 Å². The van der Waals surface area contributed by atoms with Gasteiger partial charge in [0, 0.05) is 6.54 Å². The Kier molecular flexibility index (Phi) is 3.34. The molecule has 2 unspecified atom stereocenters. The molecule has 0 aromatic heterocycles. The van der Waals surface area contributed by atoms with Gasteiger partial charge in [-0.15, -0.1) is 0 Å². The van der Waals surface area contributed by atoms with Crippen molar-refractivity contribution in [1.82, 2.24) is 4.90 Å². The lowest BCUT2D eigenvalue weighted by Crippen LogP contribution is -2.41. The Bertz CT molecular complexity index is 114. The Morgan fingerprint density at radius 2 is 2.18 bits per heavy atom. The number of likely N-dealkylation sites (tertiary alicyclic amines) is 1. The van der Waals surface area contributed by atoms with Gasteiger partial charge in [-0.1, -0.05) is 13.3 Å². The number of nitrogens with two attached hydrogens (primary N) is 1. The van der Waals surface area contributed by atoms with Gasteiger partial charge < -0.3 is 10.6 Å². The highest BCUT2D eigenvalue weighted by Gasteiger charge is 2.24. The molecule has 66 valence electrons. The quantitative estimate of drug-likeness (QED) is 0.644. The van der Waals surface area contributed by atoms with Crippen LogP contribution in [0.2, 0.25) is 0 Å². The van der Waals surface area contributed by atoms with Gasteiger partial charge >= 0.3 is 0 Å². The van der Waals surface area contributed by atoms with Gasteiger partial charge in [-0.25, -0.2) is 0 Å². The summed E-state index contributed by atoms with van der Waals surface area (Å²) < 4.78 is 0. The van der Waals surface area contributed by atoms with Crippen LogP contribution in [0.1, 0.15) is 19.8 Å². The summed E-state index contributed by atoms with van der Waals surface area (Å²) in [7, 11) is 2.19. The van der Waals surface area contributed by atoms with Gasteiger partial charge in [0.2, 0.25) is 0 Å². The predicted octanol–water partition coefficient (Wildman–Crippen LogP) is 0.923. The third-order valence-corrected chi connectivity index (χ3v) is 2.92. The highest BCUT2D eigenvalue weighted by Crippen LogP contribution is 2.24. The van der Waals surface area contributed by atoms with Crippen LogP contribution in [-0.2, 0) is 0 Å². The van der Waals surface area contributed by atoms with Crippen molar-refractivity contribution < 1.29 is 0 Å². The van der Waals surface area contributed by atoms with Crippen LogP contribution in [0, 0.1) is 11.8 Å². The van der Waals surface area contributed by atoms with Gasteiger partial charge in [-0.2, -0.15) is 0 Å². The second-order valence-electron chi connectivity index (χ2n) is 3.72. The van der Waals surface area contributed by atoms with Crippen LogP contribution in [-0.4, -0.2) is 31.6 Å². The van der Waals surface area contributed by atoms with Crippen molar-refractivity contribution in [2.24, 2.45) is 17.6 Å². The van der Waals surface area contributed by atoms with Crippen molar-refractivity contribution in [2.45, 2.75) is 19.8 Å². The summed E-state index contributed by atoms with van der Waals surface area (Å²) >= 11 is 0. The highest BCUT2D eigenvalue weighted by atomic mass is 15.1. The predicted molar refractivity (Wildman–Crippen MR) is 48.4 cm³/mol. The molecule has 0 amide bonds. The summed E-state index contributed by atoms with van der Waals surface area (Å²) in [6.45, 7) is 5.60. The number of rotatable bonds is 2. The van der Waals surface area contributed by atoms with E-state index >= 15 is 0 Å². The summed E-state index contributed by atoms with van der Waals surface area (Å²) in [5.74, 6) is 1.63. The first-order valence-corrected chi connectivity index (χ1v) is 4.66. The second-order valence-corrected chi connectivity index (χ2v) is 3.72. The summed E-state index contributed by atoms with van der Waals surface area (Å²) in [4.78, 5) is 2.39. The van der Waals surface area contributed by atoms with Gasteiger partial charge in [-0.3, -0.25) is 0 Å². The van der Waals surface area contributed by atoms with Crippen molar-refractivity contribution in [3.63, 3.8) is 0 Å². The Morgan fingerprint density at radius 1 is 1.45 bits per heavy atom. The van der Waals surface area contributed by atoms with Gasteiger partial charge in [0.25, 0.3) is 0 Å². The van der Waals surface area contributed by atoms with Gasteiger partial charge in [0.15, 0.2) is 0 Å². The largest absolute Gasteiger partial charge is 0.330 e. The molecule has 0 saturated carbocycles. The molecule has 0 spiro atoms. The van der Waals surface area contributed by atoms with E-state index in [0.717, 1.165) is 18.4 Å². The van der Waals surface area contributed by atoms with E-state index in [1.165, 1.54) is 25.9 Å². The first-order valence-electron chi connectivity index (χ1n) is 4.66. The molecule has 0 aliphatic carbocycles. The average molecular weight is 156 g/mol. The molecule has 0 bridgehead atoms. The molecular weight excluding hydrogens is 136 g/mol. The maximum Gasteiger partial charge on any atom is 0.00213 e. The lowest BCUT2D eigenvalue weighted by atomic mass is 9.84. The molecule has 0 radical (unpaired) electrons. The molecule has 2 atom stereocenters. The number of piperidine rings is 1. The lowest BCUT2D eigenvalue weighted by molar-refractivity contribution is 0.144. The average Bonchev–Trinajstić information content (AvgIpc) is 2.04. The lowest BCUT2D eigenvalue weighted by Gasteiger charge is -2.35. The van der Waals surface area contributed by atoms with Crippen molar-refractivity contribution in [1.29, 1.82) is 0 Å². The van der Waals surface area contributed by atoms with Crippen LogP contribution in [0.4, 0.5) is 0 Å². The maximum atomic E-state index is 5.70.